The summed E-state index contributed by atoms with van der Waals surface area (Å²) in [4.78, 5) is 17.3. The highest BCUT2D eigenvalue weighted by Gasteiger charge is 2.26. The predicted octanol–water partition coefficient (Wildman–Crippen LogP) is 4.22. The molecule has 6 rings (SSSR count). The van der Waals surface area contributed by atoms with Gasteiger partial charge in [-0.3, -0.25) is 4.40 Å². The molecule has 0 spiro atoms. The largest absolute Gasteiger partial charge is 0.384 e. The minimum Gasteiger partial charge on any atom is -0.384 e. The van der Waals surface area contributed by atoms with Crippen LogP contribution in [-0.2, 0) is 0 Å². The van der Waals surface area contributed by atoms with E-state index in [1.807, 2.05) is 23.0 Å². The van der Waals surface area contributed by atoms with Crippen LogP contribution in [0.15, 0.2) is 42.9 Å². The van der Waals surface area contributed by atoms with Gasteiger partial charge in [0.1, 0.15) is 18.1 Å². The molecular formula is C26H26N6O. The molecule has 0 unspecified atom stereocenters. The van der Waals surface area contributed by atoms with Gasteiger partial charge in [0.15, 0.2) is 11.5 Å². The summed E-state index contributed by atoms with van der Waals surface area (Å²) in [5, 5.41) is 12.6. The molecule has 3 N–H and O–H groups in total. The molecular weight excluding hydrogens is 412 g/mol. The number of nitrogens with one attached hydrogen (secondary N) is 2. The summed E-state index contributed by atoms with van der Waals surface area (Å²) in [6.07, 6.45) is 12.0. The number of aliphatic hydroxyl groups is 1. The molecule has 2 aliphatic rings. The fourth-order valence-corrected chi connectivity index (χ4v) is 4.32. The molecule has 3 aromatic heterocycles. The van der Waals surface area contributed by atoms with Gasteiger partial charge in [0, 0.05) is 24.2 Å². The maximum Gasteiger partial charge on any atom is 0.180 e. The average Bonchev–Trinajstić information content (AvgIpc) is 3.38. The average molecular weight is 439 g/mol. The molecule has 0 radical (unpaired) electrons. The van der Waals surface area contributed by atoms with Crippen molar-refractivity contribution in [2.24, 2.45) is 5.92 Å². The van der Waals surface area contributed by atoms with Gasteiger partial charge in [-0.25, -0.2) is 15.0 Å². The van der Waals surface area contributed by atoms with Crippen molar-refractivity contribution < 1.29 is 5.11 Å². The third kappa shape index (κ3) is 3.98. The first-order valence-electron chi connectivity index (χ1n) is 11.7. The van der Waals surface area contributed by atoms with Gasteiger partial charge in [-0.15, -0.1) is 0 Å². The van der Waals surface area contributed by atoms with Crippen LogP contribution >= 0.6 is 0 Å². The zero-order valence-electron chi connectivity index (χ0n) is 18.4. The fourth-order valence-electron chi connectivity index (χ4n) is 4.32. The van der Waals surface area contributed by atoms with Crippen LogP contribution in [0.4, 0.5) is 5.82 Å². The van der Waals surface area contributed by atoms with Gasteiger partial charge >= 0.3 is 0 Å². The molecule has 0 amide bonds. The lowest BCUT2D eigenvalue weighted by Crippen LogP contribution is -2.21. The topological polar surface area (TPSA) is 91.1 Å². The Hall–Kier alpha value is -3.63. The van der Waals surface area contributed by atoms with Crippen molar-refractivity contribution in [3.63, 3.8) is 0 Å². The molecule has 7 heteroatoms. The second kappa shape index (κ2) is 8.38. The predicted molar refractivity (Wildman–Crippen MR) is 128 cm³/mol. The Bertz CT molecular complexity index is 1350. The quantitative estimate of drug-likeness (QED) is 0.392. The number of imidazole rings is 2. The summed E-state index contributed by atoms with van der Waals surface area (Å²) in [6.45, 7) is 0.697. The molecule has 33 heavy (non-hydrogen) atoms. The van der Waals surface area contributed by atoms with Crippen molar-refractivity contribution >= 4 is 11.5 Å². The molecule has 4 aromatic rings. The zero-order chi connectivity index (χ0) is 22.2. The Morgan fingerprint density at radius 2 is 1.88 bits per heavy atom. The van der Waals surface area contributed by atoms with Crippen LogP contribution in [0.5, 0.6) is 0 Å². The first-order chi connectivity index (χ1) is 16.3. The van der Waals surface area contributed by atoms with E-state index in [0.29, 0.717) is 17.5 Å². The molecule has 0 atom stereocenters. The van der Waals surface area contributed by atoms with Crippen LogP contribution in [0.1, 0.15) is 49.5 Å². The highest BCUT2D eigenvalue weighted by atomic mass is 16.2. The number of aromatic amines is 1. The van der Waals surface area contributed by atoms with E-state index in [1.165, 1.54) is 32.1 Å². The minimum atomic E-state index is -0.196. The van der Waals surface area contributed by atoms with Crippen LogP contribution < -0.4 is 5.32 Å². The second-order valence-electron chi connectivity index (χ2n) is 8.98. The number of benzene rings is 1. The Kier molecular flexibility index (Phi) is 5.08. The maximum absolute atomic E-state index is 9.13. The summed E-state index contributed by atoms with van der Waals surface area (Å²) in [7, 11) is 0. The number of hydrogen-bond donors (Lipinski definition) is 3. The second-order valence-corrected chi connectivity index (χ2v) is 8.98. The fraction of sp³-hybridized carbons (Fsp3) is 0.346. The van der Waals surface area contributed by atoms with Gasteiger partial charge in [0.05, 0.1) is 23.8 Å². The van der Waals surface area contributed by atoms with E-state index >= 15 is 0 Å². The zero-order valence-corrected chi connectivity index (χ0v) is 18.4. The third-order valence-electron chi connectivity index (χ3n) is 6.62. The number of hydrogen-bond acceptors (Lipinski definition) is 5. The Morgan fingerprint density at radius 3 is 2.61 bits per heavy atom. The van der Waals surface area contributed by atoms with E-state index in [1.54, 1.807) is 0 Å². The monoisotopic (exact) mass is 438 g/mol. The van der Waals surface area contributed by atoms with Gasteiger partial charge < -0.3 is 15.4 Å². The van der Waals surface area contributed by atoms with E-state index in [9.17, 15) is 0 Å². The highest BCUT2D eigenvalue weighted by Crippen LogP contribution is 2.39. The van der Waals surface area contributed by atoms with E-state index in [4.69, 9.17) is 5.11 Å². The van der Waals surface area contributed by atoms with E-state index in [-0.39, 0.29) is 6.61 Å². The number of nitrogens with zero attached hydrogens (tertiary/aromatic N) is 4. The van der Waals surface area contributed by atoms with Gasteiger partial charge in [0.25, 0.3) is 0 Å². The lowest BCUT2D eigenvalue weighted by molar-refractivity contribution is 0.333. The van der Waals surface area contributed by atoms with Crippen molar-refractivity contribution in [2.75, 3.05) is 18.5 Å². The highest BCUT2D eigenvalue weighted by molar-refractivity contribution is 5.73. The number of aliphatic hydroxyl groups excluding tert-OH is 1. The van der Waals surface area contributed by atoms with Crippen molar-refractivity contribution in [1.29, 1.82) is 0 Å². The summed E-state index contributed by atoms with van der Waals surface area (Å²) in [6, 6.07) is 8.44. The lowest BCUT2D eigenvalue weighted by Gasteiger charge is -2.25. The van der Waals surface area contributed by atoms with Gasteiger partial charge in [-0.1, -0.05) is 36.6 Å². The van der Waals surface area contributed by atoms with E-state index in [2.05, 4.69) is 61.4 Å². The molecule has 3 heterocycles. The van der Waals surface area contributed by atoms with Crippen molar-refractivity contribution in [3.05, 3.63) is 54.4 Å². The minimum absolute atomic E-state index is 0.196. The van der Waals surface area contributed by atoms with Crippen LogP contribution in [0, 0.1) is 17.8 Å². The molecule has 0 aliphatic heterocycles. The Labute approximate surface area is 192 Å². The van der Waals surface area contributed by atoms with Crippen LogP contribution in [0.25, 0.3) is 28.2 Å². The van der Waals surface area contributed by atoms with Gasteiger partial charge in [0.2, 0.25) is 0 Å². The normalized spacial score (nSPS) is 15.8. The number of anilines is 1. The molecule has 7 nitrogen and oxygen atoms in total. The number of aromatic nitrogens is 5. The summed E-state index contributed by atoms with van der Waals surface area (Å²) in [5.41, 5.74) is 5.59. The number of rotatable bonds is 6. The van der Waals surface area contributed by atoms with Crippen LogP contribution in [-0.4, -0.2) is 42.6 Å². The summed E-state index contributed by atoms with van der Waals surface area (Å²) < 4.78 is 2.04. The van der Waals surface area contributed by atoms with Crippen LogP contribution in [0.3, 0.4) is 0 Å². The standard InChI is InChI=1S/C26H26N6O/c33-12-2-5-21-16-32-23(15-29-26(32)25(30-21)27-13-17-3-1-4-17)19-8-6-18(7-9-19)22-14-28-24(31-22)20-10-11-20/h6-9,14-17,20,33H,1,3-4,10-13H2,(H,27,30)(H,28,31). The van der Waals surface area contributed by atoms with Gasteiger partial charge in [-0.2, -0.15) is 0 Å². The molecule has 2 fully saturated rings. The van der Waals surface area contributed by atoms with Crippen molar-refractivity contribution in [1.82, 2.24) is 24.3 Å². The SMILES string of the molecule is OCC#Cc1cn2c(-c3ccc(-c4cnc(C5CC5)[nH]4)cc3)cnc2c(NCC2CCC2)n1. The van der Waals surface area contributed by atoms with E-state index in [0.717, 1.165) is 46.3 Å². The molecule has 1 aromatic carbocycles. The van der Waals surface area contributed by atoms with Crippen molar-refractivity contribution in [3.8, 4) is 34.4 Å². The third-order valence-corrected chi connectivity index (χ3v) is 6.62. The molecule has 2 aliphatic carbocycles. The summed E-state index contributed by atoms with van der Waals surface area (Å²) >= 11 is 0. The molecule has 0 bridgehead atoms. The van der Waals surface area contributed by atoms with Crippen molar-refractivity contribution in [2.45, 2.75) is 38.0 Å². The lowest BCUT2D eigenvalue weighted by atomic mass is 9.85. The Balaban J connectivity index is 1.33. The number of fused-ring (bicyclic) bond motifs is 1. The van der Waals surface area contributed by atoms with Crippen LogP contribution in [0.2, 0.25) is 0 Å². The van der Waals surface area contributed by atoms with E-state index < -0.39 is 0 Å². The first-order valence-corrected chi connectivity index (χ1v) is 11.7. The summed E-state index contributed by atoms with van der Waals surface area (Å²) in [5.74, 6) is 8.80. The number of H-pyrrole nitrogens is 1. The molecule has 2 saturated carbocycles. The first kappa shape index (κ1) is 20.0. The Morgan fingerprint density at radius 1 is 1.06 bits per heavy atom. The molecule has 166 valence electrons. The smallest absolute Gasteiger partial charge is 0.180 e. The maximum atomic E-state index is 9.13. The van der Waals surface area contributed by atoms with Gasteiger partial charge in [-0.05, 0) is 43.1 Å². The molecule has 0 saturated heterocycles.